The van der Waals surface area contributed by atoms with Gasteiger partial charge >= 0.3 is 0 Å². The molecule has 4 aromatic carbocycles. The molecule has 0 fully saturated rings. The summed E-state index contributed by atoms with van der Waals surface area (Å²) < 4.78 is 19.4. The summed E-state index contributed by atoms with van der Waals surface area (Å²) in [6.45, 7) is 16.1. The molecular weight excluding hydrogens is 493 g/mol. The quantitative estimate of drug-likeness (QED) is 0.124. The van der Waals surface area contributed by atoms with E-state index in [4.69, 9.17) is 4.98 Å². The fourth-order valence-electron chi connectivity index (χ4n) is 7.05. The van der Waals surface area contributed by atoms with E-state index in [1.165, 1.54) is 43.9 Å². The Bertz CT molecular complexity index is 2150. The highest BCUT2D eigenvalue weighted by atomic mass is 19.1. The van der Waals surface area contributed by atoms with Gasteiger partial charge in [-0.3, -0.25) is 0 Å². The van der Waals surface area contributed by atoms with Crippen LogP contribution in [0, 0.1) is 23.6 Å². The summed E-state index contributed by atoms with van der Waals surface area (Å²) in [6.07, 6.45) is 3.86. The van der Waals surface area contributed by atoms with Crippen LogP contribution in [0.15, 0.2) is 54.9 Å². The van der Waals surface area contributed by atoms with Crippen molar-refractivity contribution in [2.24, 2.45) is 17.9 Å². The number of aryl methyl sites for hydroxylation is 2. The second-order valence-corrected chi connectivity index (χ2v) is 14.2. The molecule has 0 radical (unpaired) electrons. The molecule has 0 saturated heterocycles. The standard InChI is InChI=1S/C36H37FN3/c1-20-26-15-21(17-35(2,3)4)9-11-23(26)27(18-36(5,6)7)33-30(20)34-31-28(38-19-39(34)8)14-13-25-24-12-10-22(37)16-29(24)40(33)32(25)31/h9-16,19H,17-18H2,1-8H3/q+1. The van der Waals surface area contributed by atoms with E-state index < -0.39 is 0 Å². The van der Waals surface area contributed by atoms with Crippen molar-refractivity contribution in [2.45, 2.75) is 61.3 Å². The molecular formula is C36H37FN3+. The maximum atomic E-state index is 14.9. The Morgan fingerprint density at radius 2 is 1.48 bits per heavy atom. The molecule has 0 atom stereocenters. The van der Waals surface area contributed by atoms with Gasteiger partial charge in [0.2, 0.25) is 0 Å². The molecule has 0 unspecified atom stereocenters. The van der Waals surface area contributed by atoms with Crippen LogP contribution in [0.2, 0.25) is 0 Å². The maximum Gasteiger partial charge on any atom is 0.287 e. The van der Waals surface area contributed by atoms with E-state index in [1.807, 2.05) is 12.4 Å². The lowest BCUT2D eigenvalue weighted by Gasteiger charge is -2.25. The molecule has 4 heteroatoms. The van der Waals surface area contributed by atoms with Crippen molar-refractivity contribution in [3.63, 3.8) is 0 Å². The van der Waals surface area contributed by atoms with Crippen LogP contribution in [0.1, 0.15) is 58.2 Å². The topological polar surface area (TPSA) is 21.2 Å². The second kappa shape index (κ2) is 8.13. The number of pyridine rings is 1. The molecule has 0 aliphatic carbocycles. The lowest BCUT2D eigenvalue weighted by molar-refractivity contribution is -0.646. The van der Waals surface area contributed by atoms with Gasteiger partial charge < -0.3 is 4.40 Å². The third kappa shape index (κ3) is 3.61. The van der Waals surface area contributed by atoms with Gasteiger partial charge in [0.1, 0.15) is 11.3 Å². The Labute approximate surface area is 234 Å². The summed E-state index contributed by atoms with van der Waals surface area (Å²) in [5, 5.41) is 7.19. The normalized spacial score (nSPS) is 13.3. The first-order valence-electron chi connectivity index (χ1n) is 14.3. The van der Waals surface area contributed by atoms with E-state index in [1.54, 1.807) is 12.1 Å². The van der Waals surface area contributed by atoms with E-state index in [0.29, 0.717) is 0 Å². The number of halogens is 1. The van der Waals surface area contributed by atoms with E-state index in [9.17, 15) is 4.39 Å². The Morgan fingerprint density at radius 3 is 2.20 bits per heavy atom. The fourth-order valence-corrected chi connectivity index (χ4v) is 7.05. The number of nitrogens with zero attached hydrogens (tertiary/aromatic N) is 3. The Hall–Kier alpha value is -3.79. The summed E-state index contributed by atoms with van der Waals surface area (Å²) in [6, 6.07) is 16.6. The highest BCUT2D eigenvalue weighted by Crippen LogP contribution is 2.45. The van der Waals surface area contributed by atoms with Gasteiger partial charge in [0, 0.05) is 10.8 Å². The average Bonchev–Trinajstić information content (AvgIpc) is 3.18. The number of fused-ring (bicyclic) bond motifs is 7. The number of hydrogen-bond acceptors (Lipinski definition) is 1. The first-order chi connectivity index (χ1) is 18.8. The molecule has 3 heterocycles. The van der Waals surface area contributed by atoms with Crippen LogP contribution < -0.4 is 4.57 Å². The van der Waals surface area contributed by atoms with E-state index >= 15 is 0 Å². The van der Waals surface area contributed by atoms with Gasteiger partial charge in [-0.05, 0) is 93.4 Å². The van der Waals surface area contributed by atoms with E-state index in [-0.39, 0.29) is 16.6 Å². The minimum Gasteiger partial charge on any atom is -0.307 e. The Balaban J connectivity index is 1.83. The van der Waals surface area contributed by atoms with E-state index in [2.05, 4.69) is 94.8 Å². The number of hydrogen-bond donors (Lipinski definition) is 0. The minimum atomic E-state index is -0.214. The molecule has 0 aliphatic rings. The molecule has 40 heavy (non-hydrogen) atoms. The molecule has 0 spiro atoms. The zero-order valence-electron chi connectivity index (χ0n) is 24.8. The van der Waals surface area contributed by atoms with Crippen molar-refractivity contribution < 1.29 is 8.96 Å². The number of benzene rings is 4. The lowest BCUT2D eigenvalue weighted by Crippen LogP contribution is -2.30. The van der Waals surface area contributed by atoms with Crippen molar-refractivity contribution in [2.75, 3.05) is 0 Å². The van der Waals surface area contributed by atoms with Crippen LogP contribution in [-0.2, 0) is 19.9 Å². The highest BCUT2D eigenvalue weighted by Gasteiger charge is 2.28. The minimum absolute atomic E-state index is 0.0556. The Kier molecular flexibility index (Phi) is 5.12. The molecule has 3 nitrogen and oxygen atoms in total. The molecule has 0 N–H and O–H groups in total. The summed E-state index contributed by atoms with van der Waals surface area (Å²) in [7, 11) is 2.10. The van der Waals surface area contributed by atoms with Crippen molar-refractivity contribution in [1.29, 1.82) is 0 Å². The Morgan fingerprint density at radius 1 is 0.775 bits per heavy atom. The molecule has 0 bridgehead atoms. The summed E-state index contributed by atoms with van der Waals surface area (Å²) in [4.78, 5) is 4.83. The zero-order valence-corrected chi connectivity index (χ0v) is 24.8. The van der Waals surface area contributed by atoms with Crippen molar-refractivity contribution >= 4 is 59.9 Å². The van der Waals surface area contributed by atoms with Crippen molar-refractivity contribution in [1.82, 2.24) is 9.38 Å². The number of rotatable bonds is 2. The van der Waals surface area contributed by atoms with Crippen molar-refractivity contribution in [3.05, 3.63) is 77.4 Å². The molecule has 0 saturated carbocycles. The third-order valence-corrected chi connectivity index (χ3v) is 8.44. The smallest absolute Gasteiger partial charge is 0.287 e. The second-order valence-electron chi connectivity index (χ2n) is 14.2. The number of aromatic nitrogens is 3. The predicted molar refractivity (Wildman–Crippen MR) is 166 cm³/mol. The van der Waals surface area contributed by atoms with Crippen LogP contribution in [0.4, 0.5) is 4.39 Å². The van der Waals surface area contributed by atoms with Gasteiger partial charge in [0.15, 0.2) is 5.52 Å². The molecule has 0 amide bonds. The predicted octanol–water partition coefficient (Wildman–Crippen LogP) is 8.99. The van der Waals surface area contributed by atoms with Gasteiger partial charge in [0.05, 0.1) is 34.4 Å². The zero-order chi connectivity index (χ0) is 28.3. The molecule has 3 aromatic heterocycles. The summed E-state index contributed by atoms with van der Waals surface area (Å²) in [5.74, 6) is -0.214. The van der Waals surface area contributed by atoms with Crippen LogP contribution >= 0.6 is 0 Å². The van der Waals surface area contributed by atoms with Gasteiger partial charge in [-0.1, -0.05) is 59.7 Å². The summed E-state index contributed by atoms with van der Waals surface area (Å²) in [5.41, 5.74) is 9.60. The van der Waals surface area contributed by atoms with Crippen LogP contribution in [0.5, 0.6) is 0 Å². The largest absolute Gasteiger partial charge is 0.307 e. The SMILES string of the molecule is Cc1c2cc(CC(C)(C)C)ccc2c(CC(C)(C)C)c2c1c1c3c(ccc4c5ccc(F)cc5n2c43)nc[n+]1C. The fraction of sp³-hybridized carbons (Fsp3) is 0.333. The third-order valence-electron chi connectivity index (χ3n) is 8.44. The van der Waals surface area contributed by atoms with Gasteiger partial charge in [-0.25, -0.2) is 8.96 Å². The lowest BCUT2D eigenvalue weighted by atomic mass is 9.82. The van der Waals surface area contributed by atoms with Gasteiger partial charge in [-0.2, -0.15) is 0 Å². The van der Waals surface area contributed by atoms with Gasteiger partial charge in [-0.15, -0.1) is 0 Å². The monoisotopic (exact) mass is 530 g/mol. The van der Waals surface area contributed by atoms with Crippen molar-refractivity contribution in [3.8, 4) is 0 Å². The highest BCUT2D eigenvalue weighted by molar-refractivity contribution is 6.28. The molecule has 0 aliphatic heterocycles. The van der Waals surface area contributed by atoms with Gasteiger partial charge in [0.25, 0.3) is 6.33 Å². The maximum absolute atomic E-state index is 14.9. The molecule has 7 rings (SSSR count). The molecule has 7 aromatic rings. The average molecular weight is 531 g/mol. The van der Waals surface area contributed by atoms with E-state index in [0.717, 1.165) is 45.6 Å². The molecule has 202 valence electrons. The van der Waals surface area contributed by atoms with Crippen LogP contribution in [0.3, 0.4) is 0 Å². The summed E-state index contributed by atoms with van der Waals surface area (Å²) >= 11 is 0. The first-order valence-corrected chi connectivity index (χ1v) is 14.3. The first kappa shape index (κ1) is 25.2. The van der Waals surface area contributed by atoms with Crippen LogP contribution in [0.25, 0.3) is 59.9 Å². The van der Waals surface area contributed by atoms with Crippen LogP contribution in [-0.4, -0.2) is 9.38 Å².